The summed E-state index contributed by atoms with van der Waals surface area (Å²) in [7, 11) is 0. The molecule has 4 rings (SSSR count). The third-order valence-electron chi connectivity index (χ3n) is 5.48. The van der Waals surface area contributed by atoms with Crippen molar-refractivity contribution in [3.05, 3.63) is 41.7 Å². The molecule has 0 unspecified atom stereocenters. The van der Waals surface area contributed by atoms with E-state index in [9.17, 15) is 9.59 Å². The van der Waals surface area contributed by atoms with Crippen molar-refractivity contribution in [2.45, 2.75) is 38.6 Å². The molecule has 138 valence electrons. The second-order valence-corrected chi connectivity index (χ2v) is 7.14. The number of carbonyl (C=O) groups is 2. The van der Waals surface area contributed by atoms with Crippen LogP contribution < -0.4 is 0 Å². The minimum absolute atomic E-state index is 0.0910. The highest BCUT2D eigenvalue weighted by molar-refractivity contribution is 5.92. The molecule has 2 aromatic heterocycles. The lowest BCUT2D eigenvalue weighted by Crippen LogP contribution is -2.57. The van der Waals surface area contributed by atoms with Gasteiger partial charge in [-0.2, -0.15) is 0 Å². The van der Waals surface area contributed by atoms with Crippen molar-refractivity contribution in [2.75, 3.05) is 19.6 Å². The summed E-state index contributed by atoms with van der Waals surface area (Å²) >= 11 is 0. The van der Waals surface area contributed by atoms with Crippen LogP contribution in [-0.2, 0) is 11.2 Å². The number of hydrogen-bond donors (Lipinski definition) is 0. The van der Waals surface area contributed by atoms with Gasteiger partial charge in [0.2, 0.25) is 5.91 Å². The highest BCUT2D eigenvalue weighted by atomic mass is 16.5. The molecule has 0 saturated carbocycles. The highest BCUT2D eigenvalue weighted by Gasteiger charge is 2.40. The van der Waals surface area contributed by atoms with Gasteiger partial charge in [-0.25, -0.2) is 0 Å². The number of fused-ring (bicyclic) bond motifs is 1. The zero-order valence-corrected chi connectivity index (χ0v) is 14.9. The van der Waals surface area contributed by atoms with Gasteiger partial charge in [-0.3, -0.25) is 9.59 Å². The maximum atomic E-state index is 12.5. The minimum atomic E-state index is -0.0910. The summed E-state index contributed by atoms with van der Waals surface area (Å²) < 4.78 is 10.4. The molecule has 2 atom stereocenters. The largest absolute Gasteiger partial charge is 0.466 e. The summed E-state index contributed by atoms with van der Waals surface area (Å²) in [6, 6.07) is 5.72. The molecule has 2 saturated heterocycles. The molecule has 7 heteroatoms. The van der Waals surface area contributed by atoms with Crippen molar-refractivity contribution in [3.8, 4) is 0 Å². The fourth-order valence-corrected chi connectivity index (χ4v) is 4.16. The van der Waals surface area contributed by atoms with Crippen molar-refractivity contribution in [1.82, 2.24) is 15.0 Å². The number of furan rings is 1. The van der Waals surface area contributed by atoms with E-state index in [1.54, 1.807) is 6.07 Å². The van der Waals surface area contributed by atoms with Crippen LogP contribution in [0.2, 0.25) is 0 Å². The number of amides is 2. The molecule has 2 amide bonds. The predicted molar refractivity (Wildman–Crippen MR) is 92.4 cm³/mol. The van der Waals surface area contributed by atoms with E-state index >= 15 is 0 Å². The normalized spacial score (nSPS) is 23.2. The Labute approximate surface area is 151 Å². The first kappa shape index (κ1) is 16.9. The van der Waals surface area contributed by atoms with E-state index < -0.39 is 0 Å². The van der Waals surface area contributed by atoms with Crippen LogP contribution >= 0.6 is 0 Å². The second-order valence-electron chi connectivity index (χ2n) is 7.14. The van der Waals surface area contributed by atoms with Crippen molar-refractivity contribution in [1.29, 1.82) is 0 Å². The summed E-state index contributed by atoms with van der Waals surface area (Å²) in [5.74, 6) is 2.24. The van der Waals surface area contributed by atoms with Gasteiger partial charge < -0.3 is 18.7 Å². The molecule has 2 fully saturated rings. The molecule has 4 heterocycles. The number of nitrogens with zero attached hydrogens (tertiary/aromatic N) is 3. The van der Waals surface area contributed by atoms with Crippen molar-refractivity contribution in [2.24, 2.45) is 5.92 Å². The van der Waals surface area contributed by atoms with E-state index in [4.69, 9.17) is 8.94 Å². The number of carbonyl (C=O) groups excluding carboxylic acids is 2. The fraction of sp³-hybridized carbons (Fsp3) is 0.526. The van der Waals surface area contributed by atoms with Gasteiger partial charge in [-0.05, 0) is 37.8 Å². The SMILES string of the molecule is Cc1ccc(CCN2C(=O)CC[C@H]3CN(C(=O)c4ccon4)CC[C@H]32)o1. The summed E-state index contributed by atoms with van der Waals surface area (Å²) in [4.78, 5) is 28.8. The van der Waals surface area contributed by atoms with Gasteiger partial charge in [-0.1, -0.05) is 5.16 Å². The third kappa shape index (κ3) is 3.25. The maximum Gasteiger partial charge on any atom is 0.276 e. The van der Waals surface area contributed by atoms with Gasteiger partial charge in [0.15, 0.2) is 5.69 Å². The topological polar surface area (TPSA) is 79.8 Å². The Bertz CT molecular complexity index is 783. The third-order valence-corrected chi connectivity index (χ3v) is 5.48. The number of aryl methyl sites for hydroxylation is 1. The number of piperidine rings is 2. The van der Waals surface area contributed by atoms with Crippen LogP contribution in [0.3, 0.4) is 0 Å². The Morgan fingerprint density at radius 3 is 2.92 bits per heavy atom. The Hall–Kier alpha value is -2.57. The smallest absolute Gasteiger partial charge is 0.276 e. The molecule has 2 aromatic rings. The summed E-state index contributed by atoms with van der Waals surface area (Å²) in [5.41, 5.74) is 0.348. The molecule has 26 heavy (non-hydrogen) atoms. The van der Waals surface area contributed by atoms with Gasteiger partial charge in [0.05, 0.1) is 0 Å². The Balaban J connectivity index is 1.41. The molecule has 0 radical (unpaired) electrons. The molecule has 2 aliphatic heterocycles. The van der Waals surface area contributed by atoms with E-state index in [0.29, 0.717) is 37.7 Å². The van der Waals surface area contributed by atoms with Crippen LogP contribution in [0.4, 0.5) is 0 Å². The molecule has 2 aliphatic rings. The number of aromatic nitrogens is 1. The minimum Gasteiger partial charge on any atom is -0.466 e. The molecule has 0 spiro atoms. The quantitative estimate of drug-likeness (QED) is 0.839. The molecule has 0 aromatic carbocycles. The van der Waals surface area contributed by atoms with Crippen molar-refractivity contribution in [3.63, 3.8) is 0 Å². The summed E-state index contributed by atoms with van der Waals surface area (Å²) in [6.45, 7) is 3.90. The van der Waals surface area contributed by atoms with Gasteiger partial charge >= 0.3 is 0 Å². The van der Waals surface area contributed by atoms with Crippen LogP contribution in [-0.4, -0.2) is 52.4 Å². The van der Waals surface area contributed by atoms with Gasteiger partial charge in [0, 0.05) is 44.6 Å². The average molecular weight is 357 g/mol. The first-order valence-corrected chi connectivity index (χ1v) is 9.16. The van der Waals surface area contributed by atoms with E-state index in [1.807, 2.05) is 28.9 Å². The van der Waals surface area contributed by atoms with Crippen LogP contribution in [0.15, 0.2) is 33.4 Å². The highest BCUT2D eigenvalue weighted by Crippen LogP contribution is 2.32. The zero-order chi connectivity index (χ0) is 18.1. The number of likely N-dealkylation sites (tertiary alicyclic amines) is 2. The Morgan fingerprint density at radius 1 is 1.31 bits per heavy atom. The summed E-state index contributed by atoms with van der Waals surface area (Å²) in [6.07, 6.45) is 4.33. The molecular weight excluding hydrogens is 334 g/mol. The number of rotatable bonds is 4. The predicted octanol–water partition coefficient (Wildman–Crippen LogP) is 2.27. The summed E-state index contributed by atoms with van der Waals surface area (Å²) in [5, 5.41) is 3.75. The van der Waals surface area contributed by atoms with Crippen LogP contribution in [0.25, 0.3) is 0 Å². The molecular formula is C19H23N3O4. The van der Waals surface area contributed by atoms with Crippen LogP contribution in [0.1, 0.15) is 41.3 Å². The first-order valence-electron chi connectivity index (χ1n) is 9.16. The monoisotopic (exact) mass is 357 g/mol. The van der Waals surface area contributed by atoms with E-state index in [1.165, 1.54) is 6.26 Å². The number of hydrogen-bond acceptors (Lipinski definition) is 5. The maximum absolute atomic E-state index is 12.5. The lowest BCUT2D eigenvalue weighted by molar-refractivity contribution is -0.140. The van der Waals surface area contributed by atoms with Crippen molar-refractivity contribution < 1.29 is 18.5 Å². The fourth-order valence-electron chi connectivity index (χ4n) is 4.16. The zero-order valence-electron chi connectivity index (χ0n) is 14.9. The van der Waals surface area contributed by atoms with Crippen LogP contribution in [0.5, 0.6) is 0 Å². The van der Waals surface area contributed by atoms with E-state index in [2.05, 4.69) is 5.16 Å². The van der Waals surface area contributed by atoms with E-state index in [0.717, 1.165) is 30.8 Å². The first-order chi connectivity index (χ1) is 12.6. The molecule has 0 bridgehead atoms. The van der Waals surface area contributed by atoms with E-state index in [-0.39, 0.29) is 17.9 Å². The van der Waals surface area contributed by atoms with Crippen LogP contribution in [0, 0.1) is 12.8 Å². The molecule has 7 nitrogen and oxygen atoms in total. The van der Waals surface area contributed by atoms with Crippen molar-refractivity contribution >= 4 is 11.8 Å². The second kappa shape index (κ2) is 6.97. The lowest BCUT2D eigenvalue weighted by Gasteiger charge is -2.47. The van der Waals surface area contributed by atoms with Gasteiger partial charge in [0.1, 0.15) is 17.8 Å². The standard InChI is InChI=1S/C19H23N3O4/c1-13-2-4-15(26-13)6-10-22-17-7-9-21(12-14(17)3-5-18(22)23)19(24)16-8-11-25-20-16/h2,4,8,11,14,17H,3,5-7,9-10,12H2,1H3/t14-,17+/m0/s1. The molecule has 0 N–H and O–H groups in total. The molecule has 0 aliphatic carbocycles. The van der Waals surface area contributed by atoms with Gasteiger partial charge in [0.25, 0.3) is 5.91 Å². The Kier molecular flexibility index (Phi) is 4.53. The van der Waals surface area contributed by atoms with Gasteiger partial charge in [-0.15, -0.1) is 0 Å². The average Bonchev–Trinajstić information content (AvgIpc) is 3.32. The lowest BCUT2D eigenvalue weighted by atomic mass is 9.83. The Morgan fingerprint density at radius 2 is 2.19 bits per heavy atom.